The van der Waals surface area contributed by atoms with E-state index in [2.05, 4.69) is 12.1 Å². The molecule has 76 valence electrons. The molecule has 0 fully saturated rings. The minimum Gasteiger partial charge on any atom is -0.379 e. The maximum Gasteiger partial charge on any atom is 0.280 e. The van der Waals surface area contributed by atoms with E-state index >= 15 is 0 Å². The van der Waals surface area contributed by atoms with Gasteiger partial charge >= 0.3 is 0 Å². The third kappa shape index (κ3) is 1.91. The van der Waals surface area contributed by atoms with Gasteiger partial charge in [-0.3, -0.25) is 4.79 Å². The lowest BCUT2D eigenvalue weighted by Crippen LogP contribution is -2.26. The van der Waals surface area contributed by atoms with Gasteiger partial charge in [0.15, 0.2) is 5.75 Å². The van der Waals surface area contributed by atoms with Gasteiger partial charge in [-0.2, -0.15) is 5.48 Å². The first kappa shape index (κ1) is 9.52. The van der Waals surface area contributed by atoms with E-state index in [1.54, 1.807) is 6.08 Å². The van der Waals surface area contributed by atoms with Crippen LogP contribution in [0.15, 0.2) is 42.5 Å². The Morgan fingerprint density at radius 1 is 1.40 bits per heavy atom. The lowest BCUT2D eigenvalue weighted by molar-refractivity contribution is -0.123. The number of carbonyl (C=O) groups excluding carboxylic acids is 1. The molecule has 15 heavy (non-hydrogen) atoms. The predicted octanol–water partition coefficient (Wildman–Crippen LogP) is 2.07. The van der Waals surface area contributed by atoms with E-state index in [9.17, 15) is 4.79 Å². The Morgan fingerprint density at radius 2 is 2.20 bits per heavy atom. The van der Waals surface area contributed by atoms with Gasteiger partial charge in [-0.15, -0.1) is 6.58 Å². The molecule has 3 nitrogen and oxygen atoms in total. The number of hydroxylamine groups is 1. The van der Waals surface area contributed by atoms with Crippen LogP contribution in [0.4, 0.5) is 0 Å². The van der Waals surface area contributed by atoms with Crippen LogP contribution in [0.3, 0.4) is 0 Å². The lowest BCUT2D eigenvalue weighted by Gasteiger charge is -2.04. The van der Waals surface area contributed by atoms with E-state index in [1.807, 2.05) is 30.3 Å². The van der Waals surface area contributed by atoms with Crippen LogP contribution in [0.1, 0.15) is 12.0 Å². The Labute approximate surface area is 88.0 Å². The molecule has 1 aliphatic heterocycles. The molecule has 1 aromatic rings. The summed E-state index contributed by atoms with van der Waals surface area (Å²) in [6.45, 7) is 3.61. The number of carbonyl (C=O) groups is 1. The van der Waals surface area contributed by atoms with E-state index in [0.717, 1.165) is 5.56 Å². The second-order valence-corrected chi connectivity index (χ2v) is 3.23. The summed E-state index contributed by atoms with van der Waals surface area (Å²) in [5, 5.41) is 0. The number of amides is 1. The van der Waals surface area contributed by atoms with Gasteiger partial charge in [0.25, 0.3) is 5.91 Å². The zero-order valence-electron chi connectivity index (χ0n) is 8.19. The first-order valence-corrected chi connectivity index (χ1v) is 4.69. The molecule has 1 N–H and O–H groups in total. The molecular weight excluding hydrogens is 190 g/mol. The molecule has 0 saturated heterocycles. The molecule has 0 atom stereocenters. The zero-order valence-corrected chi connectivity index (χ0v) is 8.19. The molecule has 0 aromatic heterocycles. The fourth-order valence-electron chi connectivity index (χ4n) is 1.42. The van der Waals surface area contributed by atoms with Crippen LogP contribution in [0.25, 0.3) is 6.08 Å². The Balaban J connectivity index is 2.43. The number of hydrogen-bond donors (Lipinski definition) is 1. The zero-order chi connectivity index (χ0) is 10.7. The molecular formula is C12H11NO2. The van der Waals surface area contributed by atoms with Crippen LogP contribution >= 0.6 is 0 Å². The smallest absolute Gasteiger partial charge is 0.280 e. The Hall–Kier alpha value is -2.03. The molecule has 0 radical (unpaired) electrons. The van der Waals surface area contributed by atoms with Crippen molar-refractivity contribution in [1.82, 2.24) is 5.48 Å². The van der Waals surface area contributed by atoms with Gasteiger partial charge in [0, 0.05) is 11.1 Å². The summed E-state index contributed by atoms with van der Waals surface area (Å²) in [5.74, 6) is 0.441. The highest BCUT2D eigenvalue weighted by atomic mass is 16.7. The molecule has 1 aliphatic rings. The topological polar surface area (TPSA) is 38.3 Å². The van der Waals surface area contributed by atoms with Gasteiger partial charge in [0.1, 0.15) is 0 Å². The van der Waals surface area contributed by atoms with Gasteiger partial charge in [0.05, 0.1) is 0 Å². The fraction of sp³-hybridized carbons (Fsp3) is 0.0833. The number of benzene rings is 1. The minimum atomic E-state index is -0.217. The van der Waals surface area contributed by atoms with Crippen LogP contribution in [0.2, 0.25) is 0 Å². The fourth-order valence-corrected chi connectivity index (χ4v) is 1.42. The van der Waals surface area contributed by atoms with E-state index < -0.39 is 0 Å². The predicted molar refractivity (Wildman–Crippen MR) is 58.0 cm³/mol. The van der Waals surface area contributed by atoms with Crippen molar-refractivity contribution in [2.24, 2.45) is 0 Å². The summed E-state index contributed by atoms with van der Waals surface area (Å²) in [6, 6.07) is 7.47. The van der Waals surface area contributed by atoms with Gasteiger partial charge in [-0.25, -0.2) is 0 Å². The summed E-state index contributed by atoms with van der Waals surface area (Å²) in [6.07, 6.45) is 4.04. The summed E-state index contributed by atoms with van der Waals surface area (Å²) in [7, 11) is 0. The molecule has 0 unspecified atom stereocenters. The summed E-state index contributed by atoms with van der Waals surface area (Å²) >= 11 is 0. The highest BCUT2D eigenvalue weighted by molar-refractivity contribution is 5.98. The third-order valence-electron chi connectivity index (χ3n) is 2.16. The minimum absolute atomic E-state index is 0.217. The van der Waals surface area contributed by atoms with Crippen molar-refractivity contribution >= 4 is 12.0 Å². The first-order valence-electron chi connectivity index (χ1n) is 4.69. The maximum atomic E-state index is 11.5. The van der Waals surface area contributed by atoms with Gasteiger partial charge in [-0.1, -0.05) is 24.3 Å². The summed E-state index contributed by atoms with van der Waals surface area (Å²) in [4.78, 5) is 16.7. The van der Waals surface area contributed by atoms with Gasteiger partial charge in [-0.05, 0) is 18.6 Å². The number of fused-ring (bicyclic) bond motifs is 1. The van der Waals surface area contributed by atoms with E-state index in [0.29, 0.717) is 17.7 Å². The maximum absolute atomic E-state index is 11.5. The second-order valence-electron chi connectivity index (χ2n) is 3.23. The van der Waals surface area contributed by atoms with Crippen molar-refractivity contribution < 1.29 is 9.63 Å². The van der Waals surface area contributed by atoms with Crippen LogP contribution in [-0.4, -0.2) is 5.91 Å². The Morgan fingerprint density at radius 3 is 3.00 bits per heavy atom. The molecule has 2 rings (SSSR count). The van der Waals surface area contributed by atoms with E-state index in [-0.39, 0.29) is 5.91 Å². The number of nitrogens with one attached hydrogen (secondary N) is 1. The van der Waals surface area contributed by atoms with Crippen LogP contribution in [0.5, 0.6) is 5.75 Å². The average Bonchev–Trinajstić information content (AvgIpc) is 2.41. The third-order valence-corrected chi connectivity index (χ3v) is 2.16. The molecule has 0 saturated carbocycles. The normalized spacial score (nSPS) is 14.1. The highest BCUT2D eigenvalue weighted by Gasteiger charge is 2.14. The molecule has 1 amide bonds. The van der Waals surface area contributed by atoms with Crippen molar-refractivity contribution in [2.45, 2.75) is 6.42 Å². The molecule has 0 bridgehead atoms. The van der Waals surface area contributed by atoms with E-state index in [4.69, 9.17) is 4.84 Å². The van der Waals surface area contributed by atoms with Gasteiger partial charge < -0.3 is 4.84 Å². The molecule has 0 aliphatic carbocycles. The number of rotatable bonds is 2. The quantitative estimate of drug-likeness (QED) is 0.744. The van der Waals surface area contributed by atoms with Crippen molar-refractivity contribution in [1.29, 1.82) is 0 Å². The van der Waals surface area contributed by atoms with Gasteiger partial charge in [0.2, 0.25) is 0 Å². The second kappa shape index (κ2) is 4.00. The number of allylic oxidation sites excluding steroid dienone is 1. The van der Waals surface area contributed by atoms with Crippen LogP contribution < -0.4 is 10.3 Å². The molecule has 0 spiro atoms. The van der Waals surface area contributed by atoms with Crippen LogP contribution in [0, 0.1) is 0 Å². The van der Waals surface area contributed by atoms with Crippen LogP contribution in [-0.2, 0) is 4.79 Å². The standard InChI is InChI=1S/C12H11NO2/c1-2-5-10-8-9-6-3-4-7-11(9)15-13-12(10)14/h2-4,6-8H,1,5H2,(H,13,14). The lowest BCUT2D eigenvalue weighted by atomic mass is 10.1. The monoisotopic (exact) mass is 201 g/mol. The largest absolute Gasteiger partial charge is 0.379 e. The van der Waals surface area contributed by atoms with Crippen molar-refractivity contribution in [3.63, 3.8) is 0 Å². The molecule has 3 heteroatoms. The molecule has 1 aromatic carbocycles. The van der Waals surface area contributed by atoms with E-state index in [1.165, 1.54) is 0 Å². The average molecular weight is 201 g/mol. The summed E-state index contributed by atoms with van der Waals surface area (Å²) < 4.78 is 0. The van der Waals surface area contributed by atoms with Crippen molar-refractivity contribution in [2.75, 3.05) is 0 Å². The highest BCUT2D eigenvalue weighted by Crippen LogP contribution is 2.23. The molecule has 1 heterocycles. The number of para-hydroxylation sites is 1. The van der Waals surface area contributed by atoms with Crippen molar-refractivity contribution in [3.05, 3.63) is 48.1 Å². The first-order chi connectivity index (χ1) is 7.31. The Bertz CT molecular complexity index is 435. The Kier molecular flexibility index (Phi) is 2.54. The van der Waals surface area contributed by atoms with Crippen molar-refractivity contribution in [3.8, 4) is 5.75 Å². The SMILES string of the molecule is C=CCC1=Cc2ccccc2ONC1=O. The summed E-state index contributed by atoms with van der Waals surface area (Å²) in [5.41, 5.74) is 3.92. The number of hydrogen-bond acceptors (Lipinski definition) is 2.